The molecule has 1 aromatic heterocycles. The van der Waals surface area contributed by atoms with Crippen LogP contribution >= 0.6 is 11.6 Å². The average molecular weight is 169 g/mol. The van der Waals surface area contributed by atoms with Crippen molar-refractivity contribution in [1.82, 2.24) is 4.98 Å². The molecule has 1 rings (SSSR count). The number of halogens is 1. The van der Waals surface area contributed by atoms with Gasteiger partial charge in [0, 0.05) is 5.56 Å². The van der Waals surface area contributed by atoms with Gasteiger partial charge in [-0.1, -0.05) is 11.6 Å². The summed E-state index contributed by atoms with van der Waals surface area (Å²) in [5, 5.41) is 17.7. The van der Waals surface area contributed by atoms with Crippen molar-refractivity contribution in [3.8, 4) is 11.8 Å². The summed E-state index contributed by atoms with van der Waals surface area (Å²) < 4.78 is 0. The van der Waals surface area contributed by atoms with Gasteiger partial charge in [-0.2, -0.15) is 5.26 Å². The van der Waals surface area contributed by atoms with E-state index >= 15 is 0 Å². The van der Waals surface area contributed by atoms with Crippen molar-refractivity contribution < 1.29 is 5.11 Å². The number of hydrogen-bond acceptors (Lipinski definition) is 3. The van der Waals surface area contributed by atoms with E-state index in [-0.39, 0.29) is 17.3 Å². The third-order valence-corrected chi connectivity index (χ3v) is 1.41. The highest BCUT2D eigenvalue weighted by atomic mass is 35.5. The van der Waals surface area contributed by atoms with E-state index in [0.717, 1.165) is 0 Å². The van der Waals surface area contributed by atoms with Crippen LogP contribution < -0.4 is 0 Å². The molecule has 0 saturated carbocycles. The summed E-state index contributed by atoms with van der Waals surface area (Å²) in [7, 11) is 0. The van der Waals surface area contributed by atoms with Crippen LogP contribution in [0, 0.1) is 11.3 Å². The Morgan fingerprint density at radius 2 is 2.45 bits per heavy atom. The Labute approximate surface area is 68.9 Å². The molecule has 0 bridgehead atoms. The van der Waals surface area contributed by atoms with Crippen molar-refractivity contribution in [3.05, 3.63) is 23.0 Å². The first-order chi connectivity index (χ1) is 5.24. The quantitative estimate of drug-likeness (QED) is 0.647. The van der Waals surface area contributed by atoms with Crippen molar-refractivity contribution in [2.45, 2.75) is 6.42 Å². The van der Waals surface area contributed by atoms with Crippen molar-refractivity contribution in [2.75, 3.05) is 0 Å². The molecule has 0 amide bonds. The Hall–Kier alpha value is -1.27. The molecule has 0 unspecified atom stereocenters. The Morgan fingerprint density at radius 3 is 3.09 bits per heavy atom. The van der Waals surface area contributed by atoms with Crippen molar-refractivity contribution in [2.24, 2.45) is 0 Å². The number of pyridine rings is 1. The van der Waals surface area contributed by atoms with Gasteiger partial charge in [-0.15, -0.1) is 0 Å². The lowest BCUT2D eigenvalue weighted by molar-refractivity contribution is 0.467. The molecule has 11 heavy (non-hydrogen) atoms. The second-order valence-corrected chi connectivity index (χ2v) is 2.36. The Morgan fingerprint density at radius 1 is 1.73 bits per heavy atom. The molecule has 0 aliphatic carbocycles. The fourth-order valence-corrected chi connectivity index (χ4v) is 0.868. The molecule has 0 radical (unpaired) electrons. The summed E-state index contributed by atoms with van der Waals surface area (Å²) >= 11 is 5.52. The van der Waals surface area contributed by atoms with Crippen LogP contribution in [0.5, 0.6) is 5.75 Å². The van der Waals surface area contributed by atoms with Crippen LogP contribution in [-0.4, -0.2) is 10.1 Å². The predicted molar refractivity (Wildman–Crippen MR) is 40.2 cm³/mol. The molecule has 0 saturated heterocycles. The molecule has 0 aliphatic rings. The SMILES string of the molecule is N#CCc1cc(Cl)ncc1O. The van der Waals surface area contributed by atoms with Gasteiger partial charge in [0.05, 0.1) is 18.7 Å². The van der Waals surface area contributed by atoms with Gasteiger partial charge in [-0.3, -0.25) is 0 Å². The number of nitriles is 1. The number of rotatable bonds is 1. The lowest BCUT2D eigenvalue weighted by atomic mass is 10.2. The molecule has 4 heteroatoms. The maximum absolute atomic E-state index is 9.09. The van der Waals surface area contributed by atoms with Gasteiger partial charge >= 0.3 is 0 Å². The largest absolute Gasteiger partial charge is 0.506 e. The summed E-state index contributed by atoms with van der Waals surface area (Å²) in [6, 6.07) is 3.38. The third-order valence-electron chi connectivity index (χ3n) is 1.20. The van der Waals surface area contributed by atoms with Crippen LogP contribution in [-0.2, 0) is 6.42 Å². The number of hydrogen-bond donors (Lipinski definition) is 1. The minimum Gasteiger partial charge on any atom is -0.506 e. The molecule has 0 aromatic carbocycles. The van der Waals surface area contributed by atoms with Gasteiger partial charge in [-0.25, -0.2) is 4.98 Å². The Bertz CT molecular complexity index is 306. The van der Waals surface area contributed by atoms with Gasteiger partial charge in [0.15, 0.2) is 0 Å². The topological polar surface area (TPSA) is 56.9 Å². The van der Waals surface area contributed by atoms with E-state index in [0.29, 0.717) is 5.56 Å². The zero-order valence-electron chi connectivity index (χ0n) is 5.58. The first kappa shape index (κ1) is 7.83. The van der Waals surface area contributed by atoms with Gasteiger partial charge in [0.1, 0.15) is 10.9 Å². The molecule has 0 atom stereocenters. The predicted octanol–water partition coefficient (Wildman–Crippen LogP) is 1.51. The third kappa shape index (κ3) is 1.82. The summed E-state index contributed by atoms with van der Waals surface area (Å²) in [6.07, 6.45) is 1.38. The molecule has 0 fully saturated rings. The van der Waals surface area contributed by atoms with E-state index in [4.69, 9.17) is 22.0 Å². The minimum atomic E-state index is 0.0101. The van der Waals surface area contributed by atoms with Crippen molar-refractivity contribution >= 4 is 11.6 Å². The molecule has 1 aromatic rings. The van der Waals surface area contributed by atoms with E-state index in [1.807, 2.05) is 6.07 Å². The lowest BCUT2D eigenvalue weighted by Gasteiger charge is -1.97. The lowest BCUT2D eigenvalue weighted by Crippen LogP contribution is -1.84. The fraction of sp³-hybridized carbons (Fsp3) is 0.143. The standard InChI is InChI=1S/C7H5ClN2O/c8-7-3-5(1-2-9)6(11)4-10-7/h3-4,11H,1H2. The highest BCUT2D eigenvalue weighted by molar-refractivity contribution is 6.29. The fourth-order valence-electron chi connectivity index (χ4n) is 0.687. The van der Waals surface area contributed by atoms with Crippen LogP contribution in [0.15, 0.2) is 12.3 Å². The van der Waals surface area contributed by atoms with Crippen molar-refractivity contribution in [3.63, 3.8) is 0 Å². The van der Waals surface area contributed by atoms with Gasteiger partial charge in [0.2, 0.25) is 0 Å². The number of aromatic hydroxyl groups is 1. The first-order valence-corrected chi connectivity index (χ1v) is 3.32. The number of aromatic nitrogens is 1. The molecule has 1 heterocycles. The maximum Gasteiger partial charge on any atom is 0.138 e. The zero-order chi connectivity index (χ0) is 8.27. The second-order valence-electron chi connectivity index (χ2n) is 1.97. The molecular weight excluding hydrogens is 164 g/mol. The van der Waals surface area contributed by atoms with Crippen LogP contribution in [0.4, 0.5) is 0 Å². The molecule has 0 aliphatic heterocycles. The van der Waals surface area contributed by atoms with Crippen LogP contribution in [0.3, 0.4) is 0 Å². The monoisotopic (exact) mass is 168 g/mol. The Kier molecular flexibility index (Phi) is 2.29. The molecule has 3 nitrogen and oxygen atoms in total. The molecule has 0 spiro atoms. The zero-order valence-corrected chi connectivity index (χ0v) is 6.34. The smallest absolute Gasteiger partial charge is 0.138 e. The van der Waals surface area contributed by atoms with Crippen LogP contribution in [0.2, 0.25) is 5.15 Å². The Balaban J connectivity index is 3.05. The van der Waals surface area contributed by atoms with Crippen LogP contribution in [0.1, 0.15) is 5.56 Å². The van der Waals surface area contributed by atoms with E-state index in [1.165, 1.54) is 12.3 Å². The summed E-state index contributed by atoms with van der Waals surface area (Å²) in [6.45, 7) is 0. The van der Waals surface area contributed by atoms with Gasteiger partial charge in [0.25, 0.3) is 0 Å². The molecule has 56 valence electrons. The highest BCUT2D eigenvalue weighted by Crippen LogP contribution is 2.18. The maximum atomic E-state index is 9.09. The van der Waals surface area contributed by atoms with Gasteiger partial charge < -0.3 is 5.11 Å². The molecular formula is C7H5ClN2O. The summed E-state index contributed by atoms with van der Waals surface area (Å²) in [5.41, 5.74) is 0.507. The van der Waals surface area contributed by atoms with E-state index in [9.17, 15) is 0 Å². The first-order valence-electron chi connectivity index (χ1n) is 2.94. The van der Waals surface area contributed by atoms with Gasteiger partial charge in [-0.05, 0) is 6.07 Å². The van der Waals surface area contributed by atoms with E-state index < -0.39 is 0 Å². The summed E-state index contributed by atoms with van der Waals surface area (Å²) in [4.78, 5) is 3.63. The van der Waals surface area contributed by atoms with E-state index in [1.54, 1.807) is 0 Å². The second kappa shape index (κ2) is 3.22. The van der Waals surface area contributed by atoms with E-state index in [2.05, 4.69) is 4.98 Å². The van der Waals surface area contributed by atoms with Crippen LogP contribution in [0.25, 0.3) is 0 Å². The molecule has 1 N–H and O–H groups in total. The highest BCUT2D eigenvalue weighted by Gasteiger charge is 2.00. The summed E-state index contributed by atoms with van der Waals surface area (Å²) in [5.74, 6) is 0.0101. The minimum absolute atomic E-state index is 0.0101. The average Bonchev–Trinajstić information content (AvgIpc) is 1.98. The van der Waals surface area contributed by atoms with Crippen molar-refractivity contribution in [1.29, 1.82) is 5.26 Å². The number of nitrogens with zero attached hydrogens (tertiary/aromatic N) is 2. The normalized spacial score (nSPS) is 9.09.